The molecule has 0 saturated carbocycles. The lowest BCUT2D eigenvalue weighted by atomic mass is 10.3. The summed E-state index contributed by atoms with van der Waals surface area (Å²) in [4.78, 5) is 0. The number of aromatic nitrogens is 3. The predicted octanol–water partition coefficient (Wildman–Crippen LogP) is 1.15. The van der Waals surface area contributed by atoms with Gasteiger partial charge in [0.25, 0.3) is 0 Å². The highest BCUT2D eigenvalue weighted by atomic mass is 79.9. The summed E-state index contributed by atoms with van der Waals surface area (Å²) < 4.78 is 8.59. The lowest BCUT2D eigenvalue weighted by Gasteiger charge is -2.22. The molecule has 1 saturated heterocycles. The highest BCUT2D eigenvalue weighted by Gasteiger charge is 2.21. The second-order valence-corrected chi connectivity index (χ2v) is 4.48. The van der Waals surface area contributed by atoms with Crippen LogP contribution in [-0.2, 0) is 4.74 Å². The van der Waals surface area contributed by atoms with E-state index in [1.54, 1.807) is 0 Å². The number of fused-ring (bicyclic) bond motifs is 1. The molecule has 0 aromatic carbocycles. The molecule has 6 heteroatoms. The standard InChI is InChI=1S/C10H11BrN4O/c11-8-2-1-3-9-13-14-10(15(8)9)7-6-12-4-5-16-7/h1-3,7,12H,4-6H2. The van der Waals surface area contributed by atoms with Crippen molar-refractivity contribution in [3.05, 3.63) is 28.6 Å². The van der Waals surface area contributed by atoms with Crippen molar-refractivity contribution < 1.29 is 4.74 Å². The topological polar surface area (TPSA) is 51.5 Å². The van der Waals surface area contributed by atoms with E-state index in [2.05, 4.69) is 31.4 Å². The zero-order chi connectivity index (χ0) is 11.0. The molecule has 1 atom stereocenters. The van der Waals surface area contributed by atoms with Crippen molar-refractivity contribution in [3.8, 4) is 0 Å². The molecule has 0 spiro atoms. The first-order valence-electron chi connectivity index (χ1n) is 5.18. The van der Waals surface area contributed by atoms with E-state index in [4.69, 9.17) is 4.74 Å². The van der Waals surface area contributed by atoms with Crippen molar-refractivity contribution in [3.63, 3.8) is 0 Å². The Kier molecular flexibility index (Phi) is 2.62. The zero-order valence-electron chi connectivity index (χ0n) is 8.56. The van der Waals surface area contributed by atoms with Gasteiger partial charge < -0.3 is 10.1 Å². The fraction of sp³-hybridized carbons (Fsp3) is 0.400. The Labute approximate surface area is 101 Å². The second-order valence-electron chi connectivity index (χ2n) is 3.66. The van der Waals surface area contributed by atoms with E-state index >= 15 is 0 Å². The van der Waals surface area contributed by atoms with Gasteiger partial charge in [0.15, 0.2) is 11.5 Å². The van der Waals surface area contributed by atoms with Gasteiger partial charge in [-0.15, -0.1) is 10.2 Å². The molecular formula is C10H11BrN4O. The Morgan fingerprint density at radius 1 is 1.44 bits per heavy atom. The number of hydrogen-bond acceptors (Lipinski definition) is 4. The van der Waals surface area contributed by atoms with Crippen LogP contribution in [0.1, 0.15) is 11.9 Å². The van der Waals surface area contributed by atoms with Crippen LogP contribution in [0.25, 0.3) is 5.65 Å². The van der Waals surface area contributed by atoms with E-state index in [1.807, 2.05) is 22.6 Å². The summed E-state index contributed by atoms with van der Waals surface area (Å²) in [7, 11) is 0. The van der Waals surface area contributed by atoms with Crippen LogP contribution in [0.15, 0.2) is 22.8 Å². The molecule has 0 bridgehead atoms. The number of rotatable bonds is 1. The van der Waals surface area contributed by atoms with Crippen LogP contribution < -0.4 is 5.32 Å². The summed E-state index contributed by atoms with van der Waals surface area (Å²) >= 11 is 3.50. The summed E-state index contributed by atoms with van der Waals surface area (Å²) in [5, 5.41) is 11.6. The number of ether oxygens (including phenoxy) is 1. The maximum absolute atomic E-state index is 5.68. The third-order valence-corrected chi connectivity index (χ3v) is 3.24. The average Bonchev–Trinajstić information content (AvgIpc) is 2.75. The first kappa shape index (κ1) is 10.2. The van der Waals surface area contributed by atoms with Gasteiger partial charge in [-0.3, -0.25) is 4.40 Å². The Morgan fingerprint density at radius 2 is 2.38 bits per heavy atom. The molecule has 1 fully saturated rings. The lowest BCUT2D eigenvalue weighted by molar-refractivity contribution is 0.0214. The number of morpholine rings is 1. The minimum Gasteiger partial charge on any atom is -0.368 e. The van der Waals surface area contributed by atoms with Crippen molar-refractivity contribution in [1.82, 2.24) is 19.9 Å². The van der Waals surface area contributed by atoms with Crippen molar-refractivity contribution >= 4 is 21.6 Å². The molecule has 1 unspecified atom stereocenters. The van der Waals surface area contributed by atoms with Gasteiger partial charge in [0.2, 0.25) is 0 Å². The smallest absolute Gasteiger partial charge is 0.168 e. The third-order valence-electron chi connectivity index (χ3n) is 2.62. The molecule has 3 heterocycles. The minimum atomic E-state index is -0.0255. The molecule has 3 rings (SSSR count). The third kappa shape index (κ3) is 1.63. The van der Waals surface area contributed by atoms with Gasteiger partial charge in [0, 0.05) is 13.1 Å². The molecule has 0 radical (unpaired) electrons. The largest absolute Gasteiger partial charge is 0.368 e. The number of halogens is 1. The Morgan fingerprint density at radius 3 is 3.19 bits per heavy atom. The molecule has 5 nitrogen and oxygen atoms in total. The molecule has 0 aliphatic carbocycles. The lowest BCUT2D eigenvalue weighted by Crippen LogP contribution is -2.34. The van der Waals surface area contributed by atoms with E-state index in [0.717, 1.165) is 29.2 Å². The summed E-state index contributed by atoms with van der Waals surface area (Å²) in [6.45, 7) is 2.39. The van der Waals surface area contributed by atoms with E-state index < -0.39 is 0 Å². The van der Waals surface area contributed by atoms with Crippen LogP contribution in [0.3, 0.4) is 0 Å². The first-order valence-corrected chi connectivity index (χ1v) is 5.97. The normalized spacial score (nSPS) is 21.4. The summed E-state index contributed by atoms with van der Waals surface area (Å²) in [5.41, 5.74) is 0.832. The number of pyridine rings is 1. The van der Waals surface area contributed by atoms with Crippen molar-refractivity contribution in [1.29, 1.82) is 0 Å². The molecule has 2 aromatic rings. The maximum Gasteiger partial charge on any atom is 0.168 e. The van der Waals surface area contributed by atoms with Crippen LogP contribution in [0, 0.1) is 0 Å². The molecule has 0 amide bonds. The predicted molar refractivity (Wildman–Crippen MR) is 62.2 cm³/mol. The average molecular weight is 283 g/mol. The highest BCUT2D eigenvalue weighted by Crippen LogP contribution is 2.21. The summed E-state index contributed by atoms with van der Waals surface area (Å²) in [5.74, 6) is 0.842. The van der Waals surface area contributed by atoms with E-state index in [0.29, 0.717) is 6.61 Å². The summed E-state index contributed by atoms with van der Waals surface area (Å²) in [6, 6.07) is 5.84. The number of nitrogens with one attached hydrogen (secondary N) is 1. The molecule has 16 heavy (non-hydrogen) atoms. The van der Waals surface area contributed by atoms with Crippen molar-refractivity contribution in [2.24, 2.45) is 0 Å². The molecule has 84 valence electrons. The Balaban J connectivity index is 2.09. The zero-order valence-corrected chi connectivity index (χ0v) is 10.1. The quantitative estimate of drug-likeness (QED) is 0.798. The maximum atomic E-state index is 5.68. The van der Waals surface area contributed by atoms with Crippen LogP contribution in [0.2, 0.25) is 0 Å². The molecule has 1 aliphatic heterocycles. The van der Waals surface area contributed by atoms with E-state index in [-0.39, 0.29) is 6.10 Å². The highest BCUT2D eigenvalue weighted by molar-refractivity contribution is 9.10. The Bertz CT molecular complexity index is 506. The van der Waals surface area contributed by atoms with Crippen molar-refractivity contribution in [2.45, 2.75) is 6.10 Å². The number of hydrogen-bond donors (Lipinski definition) is 1. The molecule has 1 aliphatic rings. The van der Waals surface area contributed by atoms with Crippen molar-refractivity contribution in [2.75, 3.05) is 19.7 Å². The minimum absolute atomic E-state index is 0.0255. The fourth-order valence-electron chi connectivity index (χ4n) is 1.86. The van der Waals surface area contributed by atoms with Gasteiger partial charge in [-0.25, -0.2) is 0 Å². The van der Waals surface area contributed by atoms with Gasteiger partial charge in [0.05, 0.1) is 11.2 Å². The molecule has 1 N–H and O–H groups in total. The Hall–Kier alpha value is -0.980. The SMILES string of the molecule is Brc1cccc2nnc(C3CNCCO3)n12. The van der Waals surface area contributed by atoms with Crippen LogP contribution in [0.4, 0.5) is 0 Å². The fourth-order valence-corrected chi connectivity index (χ4v) is 2.38. The van der Waals surface area contributed by atoms with Gasteiger partial charge in [-0.05, 0) is 28.1 Å². The van der Waals surface area contributed by atoms with E-state index in [9.17, 15) is 0 Å². The summed E-state index contributed by atoms with van der Waals surface area (Å²) in [6.07, 6.45) is -0.0255. The van der Waals surface area contributed by atoms with Gasteiger partial charge >= 0.3 is 0 Å². The van der Waals surface area contributed by atoms with Crippen LogP contribution in [0.5, 0.6) is 0 Å². The van der Waals surface area contributed by atoms with Gasteiger partial charge in [-0.1, -0.05) is 6.07 Å². The van der Waals surface area contributed by atoms with Gasteiger partial charge in [0.1, 0.15) is 6.10 Å². The van der Waals surface area contributed by atoms with Gasteiger partial charge in [-0.2, -0.15) is 0 Å². The van der Waals surface area contributed by atoms with Crippen LogP contribution >= 0.6 is 15.9 Å². The molecule has 2 aromatic heterocycles. The number of nitrogens with zero attached hydrogens (tertiary/aromatic N) is 3. The first-order chi connectivity index (χ1) is 7.86. The molecular weight excluding hydrogens is 272 g/mol. The second kappa shape index (κ2) is 4.12. The monoisotopic (exact) mass is 282 g/mol. The van der Waals surface area contributed by atoms with E-state index in [1.165, 1.54) is 0 Å². The van der Waals surface area contributed by atoms with Crippen LogP contribution in [-0.4, -0.2) is 34.3 Å².